The van der Waals surface area contributed by atoms with Gasteiger partial charge in [0.15, 0.2) is 6.29 Å². The van der Waals surface area contributed by atoms with E-state index in [2.05, 4.69) is 20.1 Å². The summed E-state index contributed by atoms with van der Waals surface area (Å²) in [6.45, 7) is 5.34. The van der Waals surface area contributed by atoms with Crippen LogP contribution in [0.3, 0.4) is 0 Å². The van der Waals surface area contributed by atoms with Crippen LogP contribution in [0.15, 0.2) is 24.3 Å². The maximum atomic E-state index is 12.4. The Morgan fingerprint density at radius 2 is 1.59 bits per heavy atom. The molecule has 0 aliphatic carbocycles. The first kappa shape index (κ1) is 24.4. The van der Waals surface area contributed by atoms with Crippen LogP contribution >= 0.6 is 0 Å². The van der Waals surface area contributed by atoms with Crippen molar-refractivity contribution in [3.8, 4) is 0 Å². The normalized spacial score (nSPS) is 11.6. The van der Waals surface area contributed by atoms with Gasteiger partial charge in [0.25, 0.3) is 5.91 Å². The van der Waals surface area contributed by atoms with Crippen LogP contribution in [0.25, 0.3) is 0 Å². The molecule has 29 heavy (non-hydrogen) atoms. The maximum Gasteiger partial charge on any atom is 0.328 e. The van der Waals surface area contributed by atoms with Crippen LogP contribution in [-0.2, 0) is 28.5 Å². The molecule has 0 fully saturated rings. The van der Waals surface area contributed by atoms with Gasteiger partial charge in [0.2, 0.25) is 0 Å². The molecule has 0 aliphatic rings. The number of carbonyl (C=O) groups is 3. The zero-order chi connectivity index (χ0) is 21.6. The van der Waals surface area contributed by atoms with Crippen molar-refractivity contribution in [2.24, 2.45) is 0 Å². The molecular formula is C20H30N2O7. The molecule has 0 heterocycles. The summed E-state index contributed by atoms with van der Waals surface area (Å²) in [5, 5.41) is 5.77. The Morgan fingerprint density at radius 1 is 0.966 bits per heavy atom. The van der Waals surface area contributed by atoms with E-state index in [-0.39, 0.29) is 19.1 Å². The summed E-state index contributed by atoms with van der Waals surface area (Å²) in [5.74, 6) is -1.54. The van der Waals surface area contributed by atoms with Gasteiger partial charge in [-0.2, -0.15) is 0 Å². The van der Waals surface area contributed by atoms with Crippen molar-refractivity contribution in [2.75, 3.05) is 39.3 Å². The monoisotopic (exact) mass is 410 g/mol. The van der Waals surface area contributed by atoms with E-state index >= 15 is 0 Å². The van der Waals surface area contributed by atoms with Crippen LogP contribution in [0.5, 0.6) is 0 Å². The molecule has 0 saturated carbocycles. The predicted molar refractivity (Wildman–Crippen MR) is 106 cm³/mol. The molecule has 1 amide bonds. The second-order valence-corrected chi connectivity index (χ2v) is 5.96. The lowest BCUT2D eigenvalue weighted by atomic mass is 10.1. The lowest BCUT2D eigenvalue weighted by Crippen LogP contribution is -2.41. The summed E-state index contributed by atoms with van der Waals surface area (Å²) in [5.41, 5.74) is 1.16. The first-order chi connectivity index (χ1) is 13.9. The molecule has 0 bridgehead atoms. The summed E-state index contributed by atoms with van der Waals surface area (Å²) >= 11 is 0. The van der Waals surface area contributed by atoms with Gasteiger partial charge in [-0.1, -0.05) is 0 Å². The molecule has 0 aromatic heterocycles. The van der Waals surface area contributed by atoms with Crippen molar-refractivity contribution in [3.63, 3.8) is 0 Å². The van der Waals surface area contributed by atoms with Gasteiger partial charge in [-0.15, -0.1) is 0 Å². The highest BCUT2D eigenvalue weighted by molar-refractivity contribution is 5.97. The van der Waals surface area contributed by atoms with Crippen LogP contribution in [-0.4, -0.2) is 64.2 Å². The number of esters is 2. The molecule has 9 nitrogen and oxygen atoms in total. The van der Waals surface area contributed by atoms with Crippen molar-refractivity contribution in [1.29, 1.82) is 0 Å². The number of carbonyl (C=O) groups excluding carboxylic acids is 3. The quantitative estimate of drug-likeness (QED) is 0.373. The minimum atomic E-state index is -0.942. The largest absolute Gasteiger partial charge is 0.469 e. The average Bonchev–Trinajstić information content (AvgIpc) is 2.74. The molecule has 1 aromatic carbocycles. The fourth-order valence-corrected chi connectivity index (χ4v) is 2.48. The molecule has 9 heteroatoms. The van der Waals surface area contributed by atoms with Crippen LogP contribution in [0.4, 0.5) is 5.69 Å². The van der Waals surface area contributed by atoms with Gasteiger partial charge < -0.3 is 29.6 Å². The maximum absolute atomic E-state index is 12.4. The number of rotatable bonds is 13. The summed E-state index contributed by atoms with van der Waals surface area (Å²) in [7, 11) is 2.48. The Kier molecular flexibility index (Phi) is 11.4. The highest BCUT2D eigenvalue weighted by Crippen LogP contribution is 2.11. The topological polar surface area (TPSA) is 112 Å². The molecular weight excluding hydrogens is 380 g/mol. The number of nitrogens with one attached hydrogen (secondary N) is 2. The van der Waals surface area contributed by atoms with Crippen LogP contribution < -0.4 is 10.6 Å². The number of hydrogen-bond acceptors (Lipinski definition) is 8. The van der Waals surface area contributed by atoms with Gasteiger partial charge in [0.05, 0.1) is 20.8 Å². The van der Waals surface area contributed by atoms with E-state index in [4.69, 9.17) is 9.47 Å². The zero-order valence-electron chi connectivity index (χ0n) is 17.4. The lowest BCUT2D eigenvalue weighted by molar-refractivity contribution is -0.144. The summed E-state index contributed by atoms with van der Waals surface area (Å²) in [4.78, 5) is 35.6. The van der Waals surface area contributed by atoms with Crippen molar-refractivity contribution in [3.05, 3.63) is 29.8 Å². The van der Waals surface area contributed by atoms with Gasteiger partial charge in [0, 0.05) is 30.9 Å². The van der Waals surface area contributed by atoms with Crippen molar-refractivity contribution in [2.45, 2.75) is 39.0 Å². The van der Waals surface area contributed by atoms with Crippen LogP contribution in [0, 0.1) is 0 Å². The first-order valence-electron chi connectivity index (χ1n) is 9.47. The number of ether oxygens (including phenoxy) is 4. The number of hydrogen-bond donors (Lipinski definition) is 2. The van der Waals surface area contributed by atoms with Crippen molar-refractivity contribution >= 4 is 23.5 Å². The Bertz CT molecular complexity index is 643. The van der Waals surface area contributed by atoms with Gasteiger partial charge in [-0.05, 0) is 44.5 Å². The predicted octanol–water partition coefficient (Wildman–Crippen LogP) is 1.72. The minimum absolute atomic E-state index is 0.0137. The van der Waals surface area contributed by atoms with E-state index in [0.29, 0.717) is 25.3 Å². The third kappa shape index (κ3) is 8.93. The molecule has 0 spiro atoms. The van der Waals surface area contributed by atoms with Crippen LogP contribution in [0.1, 0.15) is 37.0 Å². The van der Waals surface area contributed by atoms with Crippen molar-refractivity contribution in [1.82, 2.24) is 5.32 Å². The molecule has 0 unspecified atom stereocenters. The lowest BCUT2D eigenvalue weighted by Gasteiger charge is -2.18. The zero-order valence-corrected chi connectivity index (χ0v) is 17.4. The minimum Gasteiger partial charge on any atom is -0.469 e. The van der Waals surface area contributed by atoms with E-state index in [1.165, 1.54) is 14.2 Å². The van der Waals surface area contributed by atoms with Crippen molar-refractivity contribution < 1.29 is 33.3 Å². The molecule has 162 valence electrons. The fourth-order valence-electron chi connectivity index (χ4n) is 2.48. The SMILES string of the molecule is CCOC(CNc1ccc(C(=O)N[C@@H](CCC(=O)OC)C(=O)OC)cc1)OCC. The highest BCUT2D eigenvalue weighted by atomic mass is 16.7. The summed E-state index contributed by atoms with van der Waals surface area (Å²) < 4.78 is 20.2. The van der Waals surface area contributed by atoms with E-state index in [0.717, 1.165) is 5.69 Å². The van der Waals surface area contributed by atoms with Crippen LogP contribution in [0.2, 0.25) is 0 Å². The van der Waals surface area contributed by atoms with E-state index in [1.54, 1.807) is 24.3 Å². The van der Waals surface area contributed by atoms with Gasteiger partial charge in [-0.3, -0.25) is 9.59 Å². The number of amides is 1. The Balaban J connectivity index is 2.66. The second kappa shape index (κ2) is 13.5. The van der Waals surface area contributed by atoms with Gasteiger partial charge in [0.1, 0.15) is 6.04 Å². The third-order valence-electron chi connectivity index (χ3n) is 3.98. The number of anilines is 1. The number of methoxy groups -OCH3 is 2. The van der Waals surface area contributed by atoms with Gasteiger partial charge in [-0.25, -0.2) is 4.79 Å². The molecule has 1 atom stereocenters. The Hall–Kier alpha value is -2.65. The second-order valence-electron chi connectivity index (χ2n) is 5.96. The van der Waals surface area contributed by atoms with E-state index in [9.17, 15) is 14.4 Å². The van der Waals surface area contributed by atoms with E-state index < -0.39 is 23.9 Å². The summed E-state index contributed by atoms with van der Waals surface area (Å²) in [6, 6.07) is 5.80. The third-order valence-corrected chi connectivity index (χ3v) is 3.98. The molecule has 0 radical (unpaired) electrons. The van der Waals surface area contributed by atoms with Gasteiger partial charge >= 0.3 is 11.9 Å². The Labute approximate surface area is 171 Å². The number of benzene rings is 1. The van der Waals surface area contributed by atoms with E-state index in [1.807, 2.05) is 13.8 Å². The molecule has 1 aromatic rings. The molecule has 0 saturated heterocycles. The Morgan fingerprint density at radius 3 is 2.10 bits per heavy atom. The summed E-state index contributed by atoms with van der Waals surface area (Å²) in [6.07, 6.45) is -0.287. The molecule has 1 rings (SSSR count). The highest BCUT2D eigenvalue weighted by Gasteiger charge is 2.23. The average molecular weight is 410 g/mol. The standard InChI is InChI=1S/C20H30N2O7/c1-5-28-18(29-6-2)13-21-15-9-7-14(8-10-15)19(24)22-16(20(25)27-4)11-12-17(23)26-3/h7-10,16,18,21H,5-6,11-13H2,1-4H3,(H,22,24)/t16-/m0/s1. The smallest absolute Gasteiger partial charge is 0.328 e. The fraction of sp³-hybridized carbons (Fsp3) is 0.550. The first-order valence-corrected chi connectivity index (χ1v) is 9.47. The molecule has 0 aliphatic heterocycles. The molecule has 2 N–H and O–H groups in total.